The minimum atomic E-state index is -3.33. The second-order valence-electron chi connectivity index (χ2n) is 11.4. The van der Waals surface area contributed by atoms with Gasteiger partial charge in [-0.15, -0.1) is 0 Å². The summed E-state index contributed by atoms with van der Waals surface area (Å²) in [5.41, 5.74) is 0. The highest BCUT2D eigenvalue weighted by Gasteiger charge is 2.25. The van der Waals surface area contributed by atoms with Crippen molar-refractivity contribution in [3.63, 3.8) is 0 Å². The lowest BCUT2D eigenvalue weighted by Gasteiger charge is -2.18. The quantitative estimate of drug-likeness (QED) is 0.0715. The number of carbonyl (C=O) groups excluding carboxylic acids is 5. The zero-order chi connectivity index (χ0) is 45.3. The first-order chi connectivity index (χ1) is 25.5. The van der Waals surface area contributed by atoms with Gasteiger partial charge >= 0.3 is 37.4 Å². The molecule has 2 N–H and O–H groups in total. The molecule has 0 fully saturated rings. The van der Waals surface area contributed by atoms with Crippen molar-refractivity contribution in [3.8, 4) is 0 Å². The van der Waals surface area contributed by atoms with Crippen molar-refractivity contribution in [2.75, 3.05) is 79.5 Å². The van der Waals surface area contributed by atoms with E-state index in [2.05, 4.69) is 9.47 Å². The van der Waals surface area contributed by atoms with Crippen molar-refractivity contribution in [1.29, 1.82) is 0 Å². The summed E-state index contributed by atoms with van der Waals surface area (Å²) in [7, 11) is -3.33. The molecule has 0 aliphatic rings. The lowest BCUT2D eigenvalue weighted by molar-refractivity contribution is -0.152. The normalized spacial score (nSPS) is 15.2. The van der Waals surface area contributed by atoms with Crippen LogP contribution < -0.4 is 0 Å². The highest BCUT2D eigenvalue weighted by molar-refractivity contribution is 8.08. The first-order valence-corrected chi connectivity index (χ1v) is 26.3. The SMILES string of the molecule is CCOC(=O)C(C)CO.CCOC(=O)C(C)COP(C)(=O)Cl.CCOC(=O)C(C)COP(C)(=O)OCC(C)C(=O)OCC.CCOC(=O)C(C)O.CP(=O)(Cl)Cl. The molecule has 0 radical (unpaired) electrons. The molecule has 18 nitrogen and oxygen atoms in total. The number of carbonyl (C=O) groups is 5. The van der Waals surface area contributed by atoms with Crippen LogP contribution in [0.2, 0.25) is 0 Å². The van der Waals surface area contributed by atoms with Crippen molar-refractivity contribution < 1.29 is 85.1 Å². The number of hydrogen-bond donors (Lipinski definition) is 2. The second kappa shape index (κ2) is 36.8. The van der Waals surface area contributed by atoms with Gasteiger partial charge < -0.3 is 47.5 Å². The first kappa shape index (κ1) is 63.9. The third-order valence-electron chi connectivity index (χ3n) is 5.33. The van der Waals surface area contributed by atoms with E-state index in [0.29, 0.717) is 19.8 Å². The molecule has 0 amide bonds. The van der Waals surface area contributed by atoms with Crippen molar-refractivity contribution in [2.24, 2.45) is 23.7 Å². The Kier molecular flexibility index (Phi) is 41.9. The molecule has 336 valence electrons. The molecule has 0 aromatic heterocycles. The van der Waals surface area contributed by atoms with Crippen molar-refractivity contribution in [3.05, 3.63) is 0 Å². The Morgan fingerprint density at radius 1 is 0.500 bits per heavy atom. The Morgan fingerprint density at radius 3 is 0.929 bits per heavy atom. The fourth-order valence-electron chi connectivity index (χ4n) is 2.46. The van der Waals surface area contributed by atoms with Crippen molar-refractivity contribution >= 4 is 83.7 Å². The molecule has 0 heterocycles. The summed E-state index contributed by atoms with van der Waals surface area (Å²) in [6.45, 7) is 18.6. The molecule has 0 aromatic rings. The van der Waals surface area contributed by atoms with Gasteiger partial charge in [0, 0.05) is 20.0 Å². The summed E-state index contributed by atoms with van der Waals surface area (Å²) in [6.07, 6.45) is -0.991. The van der Waals surface area contributed by atoms with Crippen LogP contribution in [-0.2, 0) is 74.9 Å². The third kappa shape index (κ3) is 48.9. The van der Waals surface area contributed by atoms with Crippen LogP contribution in [0.1, 0.15) is 69.2 Å². The molecule has 0 saturated heterocycles. The fourth-order valence-corrected chi connectivity index (χ4v) is 4.18. The molecule has 0 spiro atoms. The van der Waals surface area contributed by atoms with Gasteiger partial charge in [0.25, 0.3) is 6.72 Å². The molecule has 0 bridgehead atoms. The highest BCUT2D eigenvalue weighted by atomic mass is 35.9. The molecule has 0 aliphatic carbocycles. The topological polar surface area (TPSA) is 251 Å². The van der Waals surface area contributed by atoms with Crippen LogP contribution >= 0.6 is 53.9 Å². The summed E-state index contributed by atoms with van der Waals surface area (Å²) >= 11 is 15.0. The lowest BCUT2D eigenvalue weighted by Crippen LogP contribution is -2.21. The Balaban J connectivity index is -0.000000212. The molecular formula is C32H64Cl3O18P3. The number of rotatable bonds is 20. The molecule has 6 unspecified atom stereocenters. The van der Waals surface area contributed by atoms with Gasteiger partial charge in [0.05, 0.1) is 83.1 Å². The van der Waals surface area contributed by atoms with Gasteiger partial charge in [-0.3, -0.25) is 32.9 Å². The van der Waals surface area contributed by atoms with Crippen molar-refractivity contribution in [1.82, 2.24) is 0 Å². The monoisotopic (exact) mass is 934 g/mol. The van der Waals surface area contributed by atoms with Gasteiger partial charge in [-0.05, 0) is 103 Å². The van der Waals surface area contributed by atoms with E-state index in [4.69, 9.17) is 71.7 Å². The largest absolute Gasteiger partial charge is 0.466 e. The Hall–Kier alpha value is -1.29. The van der Waals surface area contributed by atoms with E-state index < -0.39 is 61.9 Å². The third-order valence-corrected chi connectivity index (χ3v) is 7.47. The molecule has 56 heavy (non-hydrogen) atoms. The molecule has 0 aliphatic heterocycles. The van der Waals surface area contributed by atoms with E-state index in [0.717, 1.165) is 0 Å². The minimum Gasteiger partial charge on any atom is -0.466 e. The summed E-state index contributed by atoms with van der Waals surface area (Å²) in [4.78, 5) is 54.7. The van der Waals surface area contributed by atoms with Gasteiger partial charge in [0.2, 0.25) is 5.85 Å². The average molecular weight is 936 g/mol. The molecular weight excluding hydrogens is 872 g/mol. The van der Waals surface area contributed by atoms with E-state index in [9.17, 15) is 37.7 Å². The summed E-state index contributed by atoms with van der Waals surface area (Å²) < 4.78 is 71.1. The zero-order valence-electron chi connectivity index (χ0n) is 34.7. The van der Waals surface area contributed by atoms with E-state index in [-0.39, 0.29) is 57.5 Å². The molecule has 24 heteroatoms. The molecule has 0 rings (SSSR count). The van der Waals surface area contributed by atoms with Crippen LogP contribution in [0.5, 0.6) is 0 Å². The number of aliphatic hydroxyl groups excluding tert-OH is 2. The Bertz CT molecular complexity index is 1190. The van der Waals surface area contributed by atoms with E-state index in [1.54, 1.807) is 62.3 Å². The smallest absolute Gasteiger partial charge is 0.334 e. The maximum absolute atomic E-state index is 12.0. The molecule has 0 aromatic carbocycles. The van der Waals surface area contributed by atoms with Crippen LogP contribution in [0.4, 0.5) is 0 Å². The number of ether oxygens (including phenoxy) is 5. The highest BCUT2D eigenvalue weighted by Crippen LogP contribution is 2.52. The number of aliphatic hydroxyl groups is 2. The maximum Gasteiger partial charge on any atom is 0.334 e. The Morgan fingerprint density at radius 2 is 0.732 bits per heavy atom. The number of hydrogen-bond acceptors (Lipinski definition) is 18. The molecule has 0 saturated carbocycles. The summed E-state index contributed by atoms with van der Waals surface area (Å²) in [6, 6.07) is 0. The Labute approximate surface area is 346 Å². The predicted molar refractivity (Wildman–Crippen MR) is 215 cm³/mol. The standard InChI is InChI=1S/C13H25O7P.C7H14ClO4P.C6H12O3.C5H10O3.CH3Cl2OP/c1-6-17-12(14)10(3)8-19-21(5,16)20-9-11(4)13(15)18-7-2;1-4-11-7(9)6(2)5-12-13(3,8)10;1-3-9-6(8)5(2)4-7;1-3-8-5(7)4(2)6;1-5(2,3)4/h10-11H,6-9H2,1-5H3;6H,4-5H2,1-3H3;5,7H,3-4H2,1-2H3;4,6H,3H2,1-2H3;1H3. The van der Waals surface area contributed by atoms with Gasteiger partial charge in [-0.25, -0.2) is 4.79 Å². The average Bonchev–Trinajstić information content (AvgIpc) is 3.08. The van der Waals surface area contributed by atoms with Crippen molar-refractivity contribution in [2.45, 2.75) is 75.3 Å². The van der Waals surface area contributed by atoms with Crippen LogP contribution in [0, 0.1) is 23.7 Å². The van der Waals surface area contributed by atoms with E-state index in [1.807, 2.05) is 0 Å². The van der Waals surface area contributed by atoms with Crippen LogP contribution in [0.25, 0.3) is 0 Å². The number of esters is 5. The van der Waals surface area contributed by atoms with Crippen LogP contribution in [0.3, 0.4) is 0 Å². The minimum absolute atomic E-state index is 0.0239. The van der Waals surface area contributed by atoms with Crippen LogP contribution in [0.15, 0.2) is 0 Å². The van der Waals surface area contributed by atoms with Gasteiger partial charge in [-0.1, -0.05) is 0 Å². The van der Waals surface area contributed by atoms with Gasteiger partial charge in [-0.2, -0.15) is 0 Å². The maximum atomic E-state index is 12.0. The number of halogens is 3. The summed E-state index contributed by atoms with van der Waals surface area (Å²) in [5.74, 6) is -6.69. The van der Waals surface area contributed by atoms with E-state index in [1.165, 1.54) is 26.9 Å². The van der Waals surface area contributed by atoms with Gasteiger partial charge in [0.1, 0.15) is 6.10 Å². The van der Waals surface area contributed by atoms with Gasteiger partial charge in [0.15, 0.2) is 0 Å². The lowest BCUT2D eigenvalue weighted by atomic mass is 10.2. The summed E-state index contributed by atoms with van der Waals surface area (Å²) in [5, 5.41) is 16.9. The fraction of sp³-hybridized carbons (Fsp3) is 0.844. The predicted octanol–water partition coefficient (Wildman–Crippen LogP) is 6.90. The molecule has 6 atom stereocenters. The van der Waals surface area contributed by atoms with E-state index >= 15 is 0 Å². The van der Waals surface area contributed by atoms with Crippen LogP contribution in [-0.4, -0.2) is 126 Å². The first-order valence-electron chi connectivity index (χ1n) is 17.4. The zero-order valence-corrected chi connectivity index (χ0v) is 39.6. The second-order valence-corrected chi connectivity index (χ2v) is 22.8.